The molecule has 30 heavy (non-hydrogen) atoms. The van der Waals surface area contributed by atoms with E-state index in [1.165, 1.54) is 21.1 Å². The highest BCUT2D eigenvalue weighted by Gasteiger charge is 2.33. The minimum Gasteiger partial charge on any atom is -0.490 e. The summed E-state index contributed by atoms with van der Waals surface area (Å²) < 4.78 is 22.4. The number of fused-ring (bicyclic) bond motifs is 1. The molecule has 0 aliphatic heterocycles. The van der Waals surface area contributed by atoms with Crippen molar-refractivity contribution in [3.8, 4) is 23.0 Å². The number of nitrogens with one attached hydrogen (secondary N) is 1. The average molecular weight is 418 g/mol. The van der Waals surface area contributed by atoms with E-state index < -0.39 is 11.4 Å². The van der Waals surface area contributed by atoms with E-state index in [-0.39, 0.29) is 29.0 Å². The summed E-state index contributed by atoms with van der Waals surface area (Å²) in [6, 6.07) is 5.43. The van der Waals surface area contributed by atoms with Crippen molar-refractivity contribution in [2.45, 2.75) is 47.0 Å². The maximum absolute atomic E-state index is 13.0. The standard InChI is InChI=1S/C23H31NO6/c1-8-9-12-23(3,4)22(26)30-18-16-11-10-15(24-5)13-17(16)19(29-14(2)25)21(28-7)20(18)27-6/h10-11,13,24H,8-9,12H2,1-7H3. The molecule has 1 N–H and O–H groups in total. The van der Waals surface area contributed by atoms with E-state index in [1.54, 1.807) is 19.2 Å². The monoisotopic (exact) mass is 417 g/mol. The number of carbonyl (C=O) groups is 2. The van der Waals surface area contributed by atoms with E-state index in [9.17, 15) is 9.59 Å². The molecular formula is C23H31NO6. The van der Waals surface area contributed by atoms with E-state index in [1.807, 2.05) is 19.9 Å². The number of esters is 2. The van der Waals surface area contributed by atoms with Gasteiger partial charge in [-0.2, -0.15) is 0 Å². The zero-order valence-corrected chi connectivity index (χ0v) is 18.8. The molecule has 0 bridgehead atoms. The zero-order valence-electron chi connectivity index (χ0n) is 18.8. The van der Waals surface area contributed by atoms with Crippen molar-refractivity contribution in [2.75, 3.05) is 26.6 Å². The molecule has 0 aliphatic carbocycles. The summed E-state index contributed by atoms with van der Waals surface area (Å²) in [7, 11) is 4.67. The highest BCUT2D eigenvalue weighted by Crippen LogP contribution is 2.52. The molecule has 0 amide bonds. The smallest absolute Gasteiger partial charge is 0.317 e. The fourth-order valence-electron chi connectivity index (χ4n) is 3.21. The summed E-state index contributed by atoms with van der Waals surface area (Å²) in [6.07, 6.45) is 2.61. The molecule has 0 fully saturated rings. The van der Waals surface area contributed by atoms with Crippen molar-refractivity contribution >= 4 is 28.4 Å². The van der Waals surface area contributed by atoms with Gasteiger partial charge >= 0.3 is 11.9 Å². The Morgan fingerprint density at radius 1 is 0.967 bits per heavy atom. The second-order valence-corrected chi connectivity index (χ2v) is 7.71. The molecular weight excluding hydrogens is 386 g/mol. The van der Waals surface area contributed by atoms with Crippen LogP contribution in [0.1, 0.15) is 47.0 Å². The van der Waals surface area contributed by atoms with Crippen molar-refractivity contribution < 1.29 is 28.5 Å². The molecule has 7 heteroatoms. The van der Waals surface area contributed by atoms with E-state index in [2.05, 4.69) is 12.2 Å². The largest absolute Gasteiger partial charge is 0.490 e. The van der Waals surface area contributed by atoms with Gasteiger partial charge in [0, 0.05) is 30.4 Å². The van der Waals surface area contributed by atoms with Gasteiger partial charge in [-0.15, -0.1) is 0 Å². The van der Waals surface area contributed by atoms with Crippen molar-refractivity contribution in [3.63, 3.8) is 0 Å². The van der Waals surface area contributed by atoms with E-state index >= 15 is 0 Å². The van der Waals surface area contributed by atoms with Crippen LogP contribution in [0, 0.1) is 5.41 Å². The van der Waals surface area contributed by atoms with Gasteiger partial charge in [0.05, 0.1) is 19.6 Å². The lowest BCUT2D eigenvalue weighted by Crippen LogP contribution is -2.29. The molecule has 2 aromatic carbocycles. The Balaban J connectivity index is 2.74. The van der Waals surface area contributed by atoms with Gasteiger partial charge in [0.1, 0.15) is 0 Å². The number of methoxy groups -OCH3 is 2. The molecule has 0 atom stereocenters. The Morgan fingerprint density at radius 2 is 1.57 bits per heavy atom. The normalized spacial score (nSPS) is 11.2. The van der Waals surface area contributed by atoms with Gasteiger partial charge in [0.15, 0.2) is 11.5 Å². The summed E-state index contributed by atoms with van der Waals surface area (Å²) in [5, 5.41) is 4.18. The van der Waals surface area contributed by atoms with Crippen molar-refractivity contribution in [3.05, 3.63) is 18.2 Å². The fraction of sp³-hybridized carbons (Fsp3) is 0.478. The van der Waals surface area contributed by atoms with Gasteiger partial charge in [-0.1, -0.05) is 19.8 Å². The van der Waals surface area contributed by atoms with Gasteiger partial charge in [-0.05, 0) is 38.5 Å². The van der Waals surface area contributed by atoms with Crippen LogP contribution < -0.4 is 24.3 Å². The maximum Gasteiger partial charge on any atom is 0.317 e. The first-order valence-corrected chi connectivity index (χ1v) is 10.00. The van der Waals surface area contributed by atoms with E-state index in [0.717, 1.165) is 18.5 Å². The topological polar surface area (TPSA) is 83.1 Å². The lowest BCUT2D eigenvalue weighted by Gasteiger charge is -2.24. The lowest BCUT2D eigenvalue weighted by molar-refractivity contribution is -0.144. The van der Waals surface area contributed by atoms with Crippen LogP contribution in [0.5, 0.6) is 23.0 Å². The summed E-state index contributed by atoms with van der Waals surface area (Å²) >= 11 is 0. The SMILES string of the molecule is CCCCC(C)(C)C(=O)Oc1c(OC)c(OC)c(OC(C)=O)c2cc(NC)ccc12. The highest BCUT2D eigenvalue weighted by atomic mass is 16.6. The van der Waals surface area contributed by atoms with Crippen LogP contribution in [0.3, 0.4) is 0 Å². The molecule has 0 aliphatic rings. The molecule has 2 aromatic rings. The van der Waals surface area contributed by atoms with Crippen LogP contribution in [0.25, 0.3) is 10.8 Å². The lowest BCUT2D eigenvalue weighted by atomic mass is 9.87. The van der Waals surface area contributed by atoms with Gasteiger partial charge in [-0.25, -0.2) is 0 Å². The van der Waals surface area contributed by atoms with Crippen LogP contribution in [0.2, 0.25) is 0 Å². The first kappa shape index (κ1) is 23.3. The van der Waals surface area contributed by atoms with Gasteiger partial charge in [0.25, 0.3) is 0 Å². The number of carbonyl (C=O) groups excluding carboxylic acids is 2. The number of anilines is 1. The summed E-state index contributed by atoms with van der Waals surface area (Å²) in [6.45, 7) is 7.12. The average Bonchev–Trinajstić information content (AvgIpc) is 2.72. The third-order valence-corrected chi connectivity index (χ3v) is 4.97. The van der Waals surface area contributed by atoms with Crippen molar-refractivity contribution in [1.29, 1.82) is 0 Å². The summed E-state index contributed by atoms with van der Waals surface area (Å²) in [5.74, 6) is -0.0512. The second kappa shape index (κ2) is 9.69. The van der Waals surface area contributed by atoms with E-state index in [0.29, 0.717) is 17.2 Å². The predicted octanol–water partition coefficient (Wildman–Crippen LogP) is 4.95. The molecule has 0 heterocycles. The Labute approximate surface area is 177 Å². The Kier molecular flexibility index (Phi) is 7.54. The number of unbranched alkanes of at least 4 members (excludes halogenated alkanes) is 1. The van der Waals surface area contributed by atoms with Gasteiger partial charge < -0.3 is 24.3 Å². The maximum atomic E-state index is 13.0. The molecule has 164 valence electrons. The minimum absolute atomic E-state index is 0.183. The Hall–Kier alpha value is -2.96. The first-order valence-electron chi connectivity index (χ1n) is 10.00. The molecule has 0 aromatic heterocycles. The summed E-state index contributed by atoms with van der Waals surface area (Å²) in [5.41, 5.74) is 0.128. The number of hydrogen-bond donors (Lipinski definition) is 1. The van der Waals surface area contributed by atoms with Crippen LogP contribution in [0.4, 0.5) is 5.69 Å². The number of hydrogen-bond acceptors (Lipinski definition) is 7. The Bertz CT molecular complexity index is 935. The molecule has 0 unspecified atom stereocenters. The first-order chi connectivity index (χ1) is 14.2. The van der Waals surface area contributed by atoms with E-state index in [4.69, 9.17) is 18.9 Å². The third kappa shape index (κ3) is 4.78. The number of ether oxygens (including phenoxy) is 4. The van der Waals surface area contributed by atoms with Gasteiger partial charge in [-0.3, -0.25) is 9.59 Å². The fourth-order valence-corrected chi connectivity index (χ4v) is 3.21. The van der Waals surface area contributed by atoms with Crippen LogP contribution >= 0.6 is 0 Å². The minimum atomic E-state index is -0.667. The predicted molar refractivity (Wildman–Crippen MR) is 117 cm³/mol. The van der Waals surface area contributed by atoms with Crippen molar-refractivity contribution in [2.24, 2.45) is 5.41 Å². The van der Waals surface area contributed by atoms with Gasteiger partial charge in [0.2, 0.25) is 11.5 Å². The highest BCUT2D eigenvalue weighted by molar-refractivity contribution is 6.02. The zero-order chi connectivity index (χ0) is 22.5. The number of rotatable bonds is 9. The molecule has 0 saturated carbocycles. The van der Waals surface area contributed by atoms with Crippen LogP contribution in [-0.2, 0) is 9.59 Å². The quantitative estimate of drug-likeness (QED) is 0.457. The van der Waals surface area contributed by atoms with Crippen LogP contribution in [-0.4, -0.2) is 33.2 Å². The number of benzene rings is 2. The Morgan fingerprint density at radius 3 is 2.07 bits per heavy atom. The third-order valence-electron chi connectivity index (χ3n) is 4.97. The molecule has 0 saturated heterocycles. The molecule has 0 spiro atoms. The van der Waals surface area contributed by atoms with Crippen LogP contribution in [0.15, 0.2) is 18.2 Å². The van der Waals surface area contributed by atoms with Crippen molar-refractivity contribution in [1.82, 2.24) is 0 Å². The molecule has 2 rings (SSSR count). The molecule has 7 nitrogen and oxygen atoms in total. The summed E-state index contributed by atoms with van der Waals surface area (Å²) in [4.78, 5) is 24.8. The second-order valence-electron chi connectivity index (χ2n) is 7.71. The molecule has 0 radical (unpaired) electrons.